The smallest absolute Gasteiger partial charge is 0.185 e. The molecule has 0 aliphatic rings. The number of halogens is 1. The van der Waals surface area contributed by atoms with Crippen LogP contribution in [0, 0.1) is 0 Å². The van der Waals surface area contributed by atoms with E-state index >= 15 is 0 Å². The summed E-state index contributed by atoms with van der Waals surface area (Å²) in [5, 5.41) is 0. The Morgan fingerprint density at radius 1 is 1.29 bits per heavy atom. The number of pyridine rings is 2. The monoisotopic (exact) mass is 291 g/mol. The van der Waals surface area contributed by atoms with E-state index in [4.69, 9.17) is 5.73 Å². The number of nitrogens with zero attached hydrogens (tertiary/aromatic N) is 2. The summed E-state index contributed by atoms with van der Waals surface area (Å²) in [6.45, 7) is 0. The van der Waals surface area contributed by atoms with Gasteiger partial charge < -0.3 is 5.73 Å². The molecule has 0 amide bonds. The quantitative estimate of drug-likeness (QED) is 0.881. The largest absolute Gasteiger partial charge is 0.383 e. The second-order valence-corrected chi connectivity index (χ2v) is 4.43. The Morgan fingerprint density at radius 2 is 2.12 bits per heavy atom. The summed E-state index contributed by atoms with van der Waals surface area (Å²) in [7, 11) is 0. The van der Waals surface area contributed by atoms with E-state index in [1.54, 1.807) is 36.7 Å². The first kappa shape index (κ1) is 11.7. The number of carbonyl (C=O) groups excluding carboxylic acids is 1. The molecule has 0 spiro atoms. The summed E-state index contributed by atoms with van der Waals surface area (Å²) in [5.41, 5.74) is 6.83. The van der Waals surface area contributed by atoms with E-state index in [1.807, 2.05) is 0 Å². The van der Waals surface area contributed by atoms with Gasteiger partial charge in [-0.05, 0) is 34.1 Å². The van der Waals surface area contributed by atoms with Crippen LogP contribution in [0.1, 0.15) is 16.1 Å². The Kier molecular flexibility index (Phi) is 3.49. The second kappa shape index (κ2) is 5.05. The van der Waals surface area contributed by atoms with E-state index < -0.39 is 0 Å². The summed E-state index contributed by atoms with van der Waals surface area (Å²) in [5.74, 6) is 0.315. The molecule has 0 unspecified atom stereocenters. The zero-order chi connectivity index (χ0) is 12.3. The fourth-order valence-corrected chi connectivity index (χ4v) is 1.64. The molecule has 0 aliphatic heterocycles. The Hall–Kier alpha value is -1.75. The first-order valence-electron chi connectivity index (χ1n) is 5.01. The molecule has 0 atom stereocenters. The number of anilines is 1. The number of carbonyl (C=O) groups is 1. The third kappa shape index (κ3) is 2.88. The Labute approximate surface area is 107 Å². The van der Waals surface area contributed by atoms with Crippen LogP contribution < -0.4 is 5.73 Å². The predicted molar refractivity (Wildman–Crippen MR) is 68.6 cm³/mol. The van der Waals surface area contributed by atoms with Gasteiger partial charge >= 0.3 is 0 Å². The highest BCUT2D eigenvalue weighted by atomic mass is 79.9. The number of aromatic nitrogens is 2. The van der Waals surface area contributed by atoms with Crippen LogP contribution in [0.15, 0.2) is 41.1 Å². The lowest BCUT2D eigenvalue weighted by Gasteiger charge is -2.03. The Morgan fingerprint density at radius 3 is 2.76 bits per heavy atom. The van der Waals surface area contributed by atoms with Crippen molar-refractivity contribution in [2.45, 2.75) is 6.42 Å². The molecule has 2 heterocycles. The zero-order valence-electron chi connectivity index (χ0n) is 8.93. The molecule has 0 aromatic carbocycles. The average Bonchev–Trinajstić information content (AvgIpc) is 2.33. The third-order valence-corrected chi connectivity index (χ3v) is 2.76. The van der Waals surface area contributed by atoms with Gasteiger partial charge in [-0.1, -0.05) is 6.07 Å². The van der Waals surface area contributed by atoms with Gasteiger partial charge in [0.1, 0.15) is 11.5 Å². The minimum absolute atomic E-state index is 0.0720. The van der Waals surface area contributed by atoms with Crippen molar-refractivity contribution in [1.82, 2.24) is 9.97 Å². The Bertz CT molecular complexity index is 540. The van der Waals surface area contributed by atoms with E-state index in [0.29, 0.717) is 11.5 Å². The molecule has 0 fully saturated rings. The van der Waals surface area contributed by atoms with Crippen LogP contribution in [0.5, 0.6) is 0 Å². The van der Waals surface area contributed by atoms with Crippen molar-refractivity contribution in [3.8, 4) is 0 Å². The number of nitrogens with two attached hydrogens (primary N) is 1. The molecule has 5 heteroatoms. The highest BCUT2D eigenvalue weighted by Crippen LogP contribution is 2.12. The van der Waals surface area contributed by atoms with Crippen molar-refractivity contribution in [1.29, 1.82) is 0 Å². The molecule has 0 aliphatic carbocycles. The summed E-state index contributed by atoms with van der Waals surface area (Å²) in [6.07, 6.45) is 3.41. The van der Waals surface area contributed by atoms with Crippen LogP contribution in [0.4, 0.5) is 5.82 Å². The Balaban J connectivity index is 2.17. The van der Waals surface area contributed by atoms with Crippen LogP contribution >= 0.6 is 15.9 Å². The molecule has 2 aromatic rings. The first-order valence-corrected chi connectivity index (χ1v) is 5.80. The number of hydrogen-bond acceptors (Lipinski definition) is 4. The minimum Gasteiger partial charge on any atom is -0.383 e. The number of nitrogen functional groups attached to an aromatic ring is 1. The number of ketones is 1. The van der Waals surface area contributed by atoms with Crippen molar-refractivity contribution < 1.29 is 4.79 Å². The van der Waals surface area contributed by atoms with Gasteiger partial charge in [0.2, 0.25) is 0 Å². The lowest BCUT2D eigenvalue weighted by Crippen LogP contribution is -2.08. The van der Waals surface area contributed by atoms with Crippen molar-refractivity contribution >= 4 is 27.5 Å². The minimum atomic E-state index is -0.0720. The van der Waals surface area contributed by atoms with E-state index in [-0.39, 0.29) is 12.2 Å². The molecular formula is C12H10BrN3O. The van der Waals surface area contributed by atoms with Gasteiger partial charge in [0.15, 0.2) is 5.78 Å². The van der Waals surface area contributed by atoms with E-state index in [0.717, 1.165) is 10.0 Å². The third-order valence-electron chi connectivity index (χ3n) is 2.29. The number of Topliss-reactive ketones (excluding diaryl/α,β-unsaturated/α-hetero) is 1. The first-order chi connectivity index (χ1) is 8.16. The fourth-order valence-electron chi connectivity index (χ4n) is 1.40. The zero-order valence-corrected chi connectivity index (χ0v) is 10.5. The maximum Gasteiger partial charge on any atom is 0.185 e. The molecule has 86 valence electrons. The van der Waals surface area contributed by atoms with Crippen LogP contribution in [0.3, 0.4) is 0 Å². The molecular weight excluding hydrogens is 282 g/mol. The maximum absolute atomic E-state index is 11.9. The number of rotatable bonds is 3. The van der Waals surface area contributed by atoms with Crippen molar-refractivity contribution in [3.05, 3.63) is 52.4 Å². The molecule has 2 N–H and O–H groups in total. The highest BCUT2D eigenvalue weighted by Gasteiger charge is 2.10. The molecule has 0 radical (unpaired) electrons. The van der Waals surface area contributed by atoms with Crippen LogP contribution in [-0.2, 0) is 6.42 Å². The van der Waals surface area contributed by atoms with Crippen LogP contribution in [0.25, 0.3) is 0 Å². The normalized spacial score (nSPS) is 10.2. The maximum atomic E-state index is 11.9. The van der Waals surface area contributed by atoms with Gasteiger partial charge in [-0.3, -0.25) is 9.78 Å². The topological polar surface area (TPSA) is 68.9 Å². The van der Waals surface area contributed by atoms with Gasteiger partial charge in [0, 0.05) is 28.9 Å². The molecule has 0 bridgehead atoms. The predicted octanol–water partition coefficient (Wildman–Crippen LogP) is 2.25. The van der Waals surface area contributed by atoms with Crippen molar-refractivity contribution in [3.63, 3.8) is 0 Å². The van der Waals surface area contributed by atoms with Crippen LogP contribution in [0.2, 0.25) is 0 Å². The second-order valence-electron chi connectivity index (χ2n) is 3.51. The SMILES string of the molecule is Nc1ncccc1CC(=O)c1ccc(Br)cn1. The molecule has 0 saturated carbocycles. The van der Waals surface area contributed by atoms with Gasteiger partial charge in [-0.2, -0.15) is 0 Å². The summed E-state index contributed by atoms with van der Waals surface area (Å²) in [6, 6.07) is 7.01. The van der Waals surface area contributed by atoms with Gasteiger partial charge in [-0.15, -0.1) is 0 Å². The van der Waals surface area contributed by atoms with E-state index in [1.165, 1.54) is 0 Å². The standard InChI is InChI=1S/C12H10BrN3O/c13-9-3-4-10(16-7-9)11(17)6-8-2-1-5-15-12(8)14/h1-5,7H,6H2,(H2,14,15). The van der Waals surface area contributed by atoms with Crippen molar-refractivity contribution in [2.24, 2.45) is 0 Å². The molecule has 0 saturated heterocycles. The van der Waals surface area contributed by atoms with E-state index in [9.17, 15) is 4.79 Å². The number of hydrogen-bond donors (Lipinski definition) is 1. The summed E-state index contributed by atoms with van der Waals surface area (Å²) >= 11 is 3.27. The van der Waals surface area contributed by atoms with Gasteiger partial charge in [-0.25, -0.2) is 4.98 Å². The van der Waals surface area contributed by atoms with E-state index in [2.05, 4.69) is 25.9 Å². The fraction of sp³-hybridized carbons (Fsp3) is 0.0833. The van der Waals surface area contributed by atoms with Crippen molar-refractivity contribution in [2.75, 3.05) is 5.73 Å². The molecule has 4 nitrogen and oxygen atoms in total. The lowest BCUT2D eigenvalue weighted by atomic mass is 10.1. The lowest BCUT2D eigenvalue weighted by molar-refractivity contribution is 0.0988. The van der Waals surface area contributed by atoms with Gasteiger partial charge in [0.05, 0.1) is 0 Å². The van der Waals surface area contributed by atoms with Crippen LogP contribution in [-0.4, -0.2) is 15.8 Å². The molecule has 17 heavy (non-hydrogen) atoms. The summed E-state index contributed by atoms with van der Waals surface area (Å²) in [4.78, 5) is 19.9. The summed E-state index contributed by atoms with van der Waals surface area (Å²) < 4.78 is 0.843. The average molecular weight is 292 g/mol. The molecule has 2 rings (SSSR count). The highest BCUT2D eigenvalue weighted by molar-refractivity contribution is 9.10. The van der Waals surface area contributed by atoms with Gasteiger partial charge in [0.25, 0.3) is 0 Å². The molecule has 2 aromatic heterocycles.